The molecule has 0 aromatic heterocycles. The van der Waals surface area contributed by atoms with Crippen LogP contribution in [0.4, 0.5) is 5.69 Å². The van der Waals surface area contributed by atoms with Gasteiger partial charge in [-0.2, -0.15) is 0 Å². The van der Waals surface area contributed by atoms with Gasteiger partial charge in [0.15, 0.2) is 0 Å². The van der Waals surface area contributed by atoms with Gasteiger partial charge in [0, 0.05) is 23.8 Å². The molecule has 1 aliphatic rings. The zero-order valence-corrected chi connectivity index (χ0v) is 15.9. The third kappa shape index (κ3) is 4.61. The minimum atomic E-state index is -1.54. The SMILES string of the molecule is Cc1cc(NC(=O)C(=O)O)cc(C)c1Oc1ccc(O)c(CNC2CCC2)c1. The molecule has 0 heterocycles. The molecule has 1 amide bonds. The minimum absolute atomic E-state index is 0.222. The Kier molecular flexibility index (Phi) is 5.84. The molecule has 2 aromatic carbocycles. The number of aromatic hydroxyl groups is 1. The first kappa shape index (κ1) is 19.7. The number of ether oxygens (including phenoxy) is 1. The summed E-state index contributed by atoms with van der Waals surface area (Å²) in [7, 11) is 0. The third-order valence-electron chi connectivity index (χ3n) is 4.87. The molecule has 1 fully saturated rings. The summed E-state index contributed by atoms with van der Waals surface area (Å²) in [5, 5.41) is 24.6. The predicted octanol–water partition coefficient (Wildman–Crippen LogP) is 3.47. The Morgan fingerprint density at radius 2 is 1.82 bits per heavy atom. The summed E-state index contributed by atoms with van der Waals surface area (Å²) in [5.41, 5.74) is 2.67. The monoisotopic (exact) mass is 384 g/mol. The summed E-state index contributed by atoms with van der Waals surface area (Å²) in [6.45, 7) is 4.21. The van der Waals surface area contributed by atoms with E-state index < -0.39 is 11.9 Å². The number of aliphatic carboxylic acids is 1. The molecule has 7 heteroatoms. The normalized spacial score (nSPS) is 13.6. The number of aryl methyl sites for hydroxylation is 2. The summed E-state index contributed by atoms with van der Waals surface area (Å²) in [5.74, 6) is -1.19. The molecule has 1 saturated carbocycles. The highest BCUT2D eigenvalue weighted by molar-refractivity contribution is 6.36. The van der Waals surface area contributed by atoms with E-state index in [1.54, 1.807) is 30.3 Å². The first-order valence-electron chi connectivity index (χ1n) is 9.22. The number of carbonyl (C=O) groups excluding carboxylic acids is 1. The molecule has 0 unspecified atom stereocenters. The summed E-state index contributed by atoms with van der Waals surface area (Å²) in [6.07, 6.45) is 3.58. The fourth-order valence-electron chi connectivity index (χ4n) is 3.12. The van der Waals surface area contributed by atoms with Gasteiger partial charge in [-0.15, -0.1) is 0 Å². The van der Waals surface area contributed by atoms with Crippen molar-refractivity contribution >= 4 is 17.6 Å². The molecule has 0 spiro atoms. The molecular weight excluding hydrogens is 360 g/mol. The Bertz CT molecular complexity index is 883. The van der Waals surface area contributed by atoms with E-state index in [0.29, 0.717) is 29.8 Å². The maximum Gasteiger partial charge on any atom is 0.394 e. The molecule has 28 heavy (non-hydrogen) atoms. The van der Waals surface area contributed by atoms with Gasteiger partial charge in [0.2, 0.25) is 0 Å². The van der Waals surface area contributed by atoms with Crippen molar-refractivity contribution in [3.8, 4) is 17.2 Å². The Balaban J connectivity index is 1.75. The highest BCUT2D eigenvalue weighted by Gasteiger charge is 2.17. The highest BCUT2D eigenvalue weighted by Crippen LogP contribution is 2.33. The second kappa shape index (κ2) is 8.31. The van der Waals surface area contributed by atoms with E-state index in [2.05, 4.69) is 10.6 Å². The molecule has 0 bridgehead atoms. The van der Waals surface area contributed by atoms with Crippen LogP contribution in [0.2, 0.25) is 0 Å². The average Bonchev–Trinajstić information content (AvgIpc) is 2.59. The summed E-state index contributed by atoms with van der Waals surface area (Å²) in [6, 6.07) is 8.94. The lowest BCUT2D eigenvalue weighted by molar-refractivity contribution is -0.147. The summed E-state index contributed by atoms with van der Waals surface area (Å²) >= 11 is 0. The van der Waals surface area contributed by atoms with Crippen LogP contribution in [0.25, 0.3) is 0 Å². The van der Waals surface area contributed by atoms with Crippen LogP contribution in [0.3, 0.4) is 0 Å². The smallest absolute Gasteiger partial charge is 0.394 e. The van der Waals surface area contributed by atoms with E-state index in [0.717, 1.165) is 16.7 Å². The number of benzene rings is 2. The lowest BCUT2D eigenvalue weighted by Gasteiger charge is -2.26. The highest BCUT2D eigenvalue weighted by atomic mass is 16.5. The molecule has 7 nitrogen and oxygen atoms in total. The van der Waals surface area contributed by atoms with Gasteiger partial charge in [-0.3, -0.25) is 4.79 Å². The molecule has 1 aliphatic carbocycles. The van der Waals surface area contributed by atoms with Gasteiger partial charge >= 0.3 is 11.9 Å². The van der Waals surface area contributed by atoms with Gasteiger partial charge in [-0.1, -0.05) is 6.42 Å². The zero-order chi connectivity index (χ0) is 20.3. The second-order valence-corrected chi connectivity index (χ2v) is 7.10. The largest absolute Gasteiger partial charge is 0.508 e. The molecule has 0 radical (unpaired) electrons. The van der Waals surface area contributed by atoms with Crippen molar-refractivity contribution in [1.82, 2.24) is 5.32 Å². The predicted molar refractivity (Wildman–Crippen MR) is 105 cm³/mol. The van der Waals surface area contributed by atoms with Crippen molar-refractivity contribution in [3.63, 3.8) is 0 Å². The Labute approximate surface area is 163 Å². The first-order chi connectivity index (χ1) is 13.3. The van der Waals surface area contributed by atoms with Crippen LogP contribution in [-0.4, -0.2) is 28.1 Å². The van der Waals surface area contributed by atoms with Gasteiger partial charge in [-0.25, -0.2) is 4.79 Å². The van der Waals surface area contributed by atoms with Crippen molar-refractivity contribution in [2.24, 2.45) is 0 Å². The fourth-order valence-corrected chi connectivity index (χ4v) is 3.12. The first-order valence-corrected chi connectivity index (χ1v) is 9.22. The van der Waals surface area contributed by atoms with Crippen LogP contribution in [-0.2, 0) is 16.1 Å². The topological polar surface area (TPSA) is 108 Å². The number of nitrogens with one attached hydrogen (secondary N) is 2. The molecular formula is C21H24N2O5. The lowest BCUT2D eigenvalue weighted by Crippen LogP contribution is -2.34. The van der Waals surface area contributed by atoms with Gasteiger partial charge in [0.05, 0.1) is 0 Å². The molecule has 2 aromatic rings. The van der Waals surface area contributed by atoms with Crippen molar-refractivity contribution in [1.29, 1.82) is 0 Å². The number of phenols is 1. The number of hydrogen-bond acceptors (Lipinski definition) is 5. The number of phenolic OH excluding ortho intramolecular Hbond substituents is 1. The van der Waals surface area contributed by atoms with Gasteiger partial charge < -0.3 is 25.6 Å². The Morgan fingerprint density at radius 3 is 2.39 bits per heavy atom. The molecule has 3 rings (SSSR count). The van der Waals surface area contributed by atoms with E-state index in [1.807, 2.05) is 13.8 Å². The minimum Gasteiger partial charge on any atom is -0.508 e. The number of carboxylic acids is 1. The van der Waals surface area contributed by atoms with Crippen molar-refractivity contribution < 1.29 is 24.5 Å². The van der Waals surface area contributed by atoms with Crippen molar-refractivity contribution in [2.75, 3.05) is 5.32 Å². The lowest BCUT2D eigenvalue weighted by atomic mass is 9.93. The number of carboxylic acid groups (broad SMARTS) is 1. The van der Waals surface area contributed by atoms with Gasteiger partial charge in [-0.05, 0) is 68.1 Å². The number of anilines is 1. The van der Waals surface area contributed by atoms with Crippen molar-refractivity contribution in [3.05, 3.63) is 47.0 Å². The number of carbonyl (C=O) groups is 2. The quantitative estimate of drug-likeness (QED) is 0.568. The van der Waals surface area contributed by atoms with E-state index in [9.17, 15) is 14.7 Å². The maximum atomic E-state index is 11.3. The summed E-state index contributed by atoms with van der Waals surface area (Å²) < 4.78 is 6.02. The van der Waals surface area contributed by atoms with Crippen molar-refractivity contribution in [2.45, 2.75) is 45.7 Å². The van der Waals surface area contributed by atoms with Crippen LogP contribution in [0.5, 0.6) is 17.2 Å². The van der Waals surface area contributed by atoms with Crippen LogP contribution in [0, 0.1) is 13.8 Å². The van der Waals surface area contributed by atoms with Gasteiger partial charge in [0.1, 0.15) is 17.2 Å². The number of rotatable bonds is 6. The fraction of sp³-hybridized carbons (Fsp3) is 0.333. The Morgan fingerprint density at radius 1 is 1.14 bits per heavy atom. The van der Waals surface area contributed by atoms with Gasteiger partial charge in [0.25, 0.3) is 0 Å². The molecule has 148 valence electrons. The average molecular weight is 384 g/mol. The number of amides is 1. The number of hydrogen-bond donors (Lipinski definition) is 4. The van der Waals surface area contributed by atoms with E-state index in [1.165, 1.54) is 19.3 Å². The van der Waals surface area contributed by atoms with Crippen LogP contribution in [0.15, 0.2) is 30.3 Å². The summed E-state index contributed by atoms with van der Waals surface area (Å²) in [4.78, 5) is 22.0. The van der Waals surface area contributed by atoms with Crippen LogP contribution >= 0.6 is 0 Å². The van der Waals surface area contributed by atoms with Crippen LogP contribution < -0.4 is 15.4 Å². The van der Waals surface area contributed by atoms with E-state index >= 15 is 0 Å². The molecule has 0 aliphatic heterocycles. The zero-order valence-electron chi connectivity index (χ0n) is 15.9. The molecule has 0 atom stereocenters. The second-order valence-electron chi connectivity index (χ2n) is 7.10. The molecule has 0 saturated heterocycles. The standard InChI is InChI=1S/C21H24N2O5/c1-12-8-16(23-20(25)21(26)27)9-13(2)19(12)28-17-6-7-18(24)14(10-17)11-22-15-4-3-5-15/h6-10,15,22,24H,3-5,11H2,1-2H3,(H,23,25)(H,26,27). The van der Waals surface area contributed by atoms with Crippen LogP contribution in [0.1, 0.15) is 36.0 Å². The van der Waals surface area contributed by atoms with E-state index in [-0.39, 0.29) is 5.75 Å². The van der Waals surface area contributed by atoms with E-state index in [4.69, 9.17) is 9.84 Å². The Hall–Kier alpha value is -3.06. The third-order valence-corrected chi connectivity index (χ3v) is 4.87. The maximum absolute atomic E-state index is 11.3. The molecule has 4 N–H and O–H groups in total.